The first-order chi connectivity index (χ1) is 10.5. The lowest BCUT2D eigenvalue weighted by Crippen LogP contribution is -2.56. The Morgan fingerprint density at radius 3 is 2.30 bits per heavy atom. The summed E-state index contributed by atoms with van der Waals surface area (Å²) in [4.78, 5) is 39.7. The van der Waals surface area contributed by atoms with Gasteiger partial charge in [0.1, 0.15) is 11.1 Å². The molecule has 130 valence electrons. The zero-order chi connectivity index (χ0) is 17.4. The number of urea groups is 1. The zero-order valence-corrected chi connectivity index (χ0v) is 14.6. The second kappa shape index (κ2) is 6.02. The Hall–Kier alpha value is -1.79. The van der Waals surface area contributed by atoms with Crippen molar-refractivity contribution in [2.75, 3.05) is 19.6 Å². The smallest absolute Gasteiger partial charge is 0.410 e. The van der Waals surface area contributed by atoms with Gasteiger partial charge in [0.2, 0.25) is 0 Å². The molecule has 2 aliphatic heterocycles. The van der Waals surface area contributed by atoms with Crippen LogP contribution in [-0.2, 0) is 9.53 Å². The van der Waals surface area contributed by atoms with Gasteiger partial charge < -0.3 is 15.0 Å². The van der Waals surface area contributed by atoms with E-state index in [1.54, 1.807) is 4.90 Å². The number of ether oxygens (including phenoxy) is 1. The number of piperidine rings is 1. The number of amides is 4. The van der Waals surface area contributed by atoms with Crippen molar-refractivity contribution in [3.05, 3.63) is 0 Å². The lowest BCUT2D eigenvalue weighted by Gasteiger charge is -2.37. The molecule has 7 heteroatoms. The highest BCUT2D eigenvalue weighted by atomic mass is 16.6. The molecule has 0 bridgehead atoms. The van der Waals surface area contributed by atoms with Crippen LogP contribution in [0.15, 0.2) is 0 Å². The quantitative estimate of drug-likeness (QED) is 0.787. The minimum absolute atomic E-state index is 0.167. The van der Waals surface area contributed by atoms with Crippen LogP contribution in [0.4, 0.5) is 9.59 Å². The normalized spacial score (nSPS) is 21.1. The van der Waals surface area contributed by atoms with Crippen LogP contribution < -0.4 is 5.32 Å². The Bertz CT molecular complexity index is 502. The predicted octanol–water partition coefficient (Wildman–Crippen LogP) is 1.96. The molecule has 0 atom stereocenters. The summed E-state index contributed by atoms with van der Waals surface area (Å²) in [6.07, 6.45) is 0.472. The fraction of sp³-hybridized carbons (Fsp3) is 0.812. The lowest BCUT2D eigenvalue weighted by atomic mass is 9.87. The van der Waals surface area contributed by atoms with Crippen molar-refractivity contribution in [2.45, 2.75) is 58.6 Å². The summed E-state index contributed by atoms with van der Waals surface area (Å²) < 4.78 is 5.35. The van der Waals surface area contributed by atoms with Crippen molar-refractivity contribution in [3.63, 3.8) is 0 Å². The summed E-state index contributed by atoms with van der Waals surface area (Å²) in [5.41, 5.74) is -1.40. The van der Waals surface area contributed by atoms with Crippen molar-refractivity contribution in [3.8, 4) is 0 Å². The van der Waals surface area contributed by atoms with Crippen molar-refractivity contribution in [2.24, 2.45) is 5.92 Å². The molecule has 2 heterocycles. The molecule has 4 amide bonds. The molecule has 23 heavy (non-hydrogen) atoms. The van der Waals surface area contributed by atoms with Crippen LogP contribution in [0.25, 0.3) is 0 Å². The van der Waals surface area contributed by atoms with Crippen LogP contribution >= 0.6 is 0 Å². The number of rotatable bonds is 2. The molecule has 2 saturated heterocycles. The molecule has 0 aromatic carbocycles. The average molecular weight is 325 g/mol. The Balaban J connectivity index is 1.99. The third-order valence-electron chi connectivity index (χ3n) is 4.06. The van der Waals surface area contributed by atoms with Crippen LogP contribution in [0.3, 0.4) is 0 Å². The van der Waals surface area contributed by atoms with Crippen molar-refractivity contribution < 1.29 is 19.1 Å². The number of hydrogen-bond donors (Lipinski definition) is 1. The molecule has 1 N–H and O–H groups in total. The first kappa shape index (κ1) is 17.6. The molecule has 2 aliphatic rings. The third kappa shape index (κ3) is 3.76. The highest BCUT2D eigenvalue weighted by molar-refractivity contribution is 6.07. The maximum Gasteiger partial charge on any atom is 0.410 e. The first-order valence-corrected chi connectivity index (χ1v) is 8.16. The molecule has 2 fully saturated rings. The van der Waals surface area contributed by atoms with E-state index in [1.165, 1.54) is 4.90 Å². The Morgan fingerprint density at radius 2 is 1.83 bits per heavy atom. The van der Waals surface area contributed by atoms with Crippen molar-refractivity contribution in [1.82, 2.24) is 15.1 Å². The summed E-state index contributed by atoms with van der Waals surface area (Å²) in [6.45, 7) is 10.6. The molecule has 0 radical (unpaired) electrons. The SMILES string of the molecule is CC(C)CN1C(=O)NC2(CCN(C(=O)OC(C)(C)C)CC2)C1=O. The van der Waals surface area contributed by atoms with E-state index in [0.717, 1.165) is 0 Å². The fourth-order valence-electron chi connectivity index (χ4n) is 2.94. The van der Waals surface area contributed by atoms with E-state index in [1.807, 2.05) is 34.6 Å². The van der Waals surface area contributed by atoms with Gasteiger partial charge in [0.05, 0.1) is 0 Å². The molecule has 1 spiro atoms. The molecule has 2 rings (SSSR count). The molecule has 0 aromatic rings. The van der Waals surface area contributed by atoms with Gasteiger partial charge in [-0.2, -0.15) is 0 Å². The maximum absolute atomic E-state index is 12.6. The molecule has 0 saturated carbocycles. The number of likely N-dealkylation sites (tertiary alicyclic amines) is 1. The number of nitrogens with one attached hydrogen (secondary N) is 1. The molecular weight excluding hydrogens is 298 g/mol. The molecular formula is C16H27N3O4. The van der Waals surface area contributed by atoms with Crippen molar-refractivity contribution in [1.29, 1.82) is 0 Å². The number of imide groups is 1. The first-order valence-electron chi connectivity index (χ1n) is 8.16. The highest BCUT2D eigenvalue weighted by Crippen LogP contribution is 2.30. The minimum Gasteiger partial charge on any atom is -0.444 e. The van der Waals surface area contributed by atoms with Gasteiger partial charge in [0.15, 0.2) is 0 Å². The topological polar surface area (TPSA) is 79.0 Å². The van der Waals surface area contributed by atoms with Gasteiger partial charge in [-0.05, 0) is 39.5 Å². The van der Waals surface area contributed by atoms with E-state index in [-0.39, 0.29) is 23.9 Å². The second-order valence-electron chi connectivity index (χ2n) is 7.79. The van der Waals surface area contributed by atoms with Gasteiger partial charge in [0, 0.05) is 19.6 Å². The average Bonchev–Trinajstić information content (AvgIpc) is 2.62. The lowest BCUT2D eigenvalue weighted by molar-refractivity contribution is -0.133. The number of carbonyl (C=O) groups is 3. The summed E-state index contributed by atoms with van der Waals surface area (Å²) in [6, 6.07) is -0.325. The van der Waals surface area contributed by atoms with Crippen molar-refractivity contribution >= 4 is 18.0 Å². The molecule has 7 nitrogen and oxygen atoms in total. The van der Waals surface area contributed by atoms with E-state index in [9.17, 15) is 14.4 Å². The molecule has 0 aliphatic carbocycles. The number of hydrogen-bond acceptors (Lipinski definition) is 4. The largest absolute Gasteiger partial charge is 0.444 e. The Labute approximate surface area is 137 Å². The maximum atomic E-state index is 12.6. The van der Waals surface area contributed by atoms with Crippen LogP contribution in [0.2, 0.25) is 0 Å². The number of carbonyl (C=O) groups excluding carboxylic acids is 3. The van der Waals surface area contributed by atoms with Crippen LogP contribution in [-0.4, -0.2) is 58.6 Å². The van der Waals surface area contributed by atoms with Gasteiger partial charge >= 0.3 is 12.1 Å². The Morgan fingerprint density at radius 1 is 1.26 bits per heavy atom. The van der Waals surface area contributed by atoms with Crippen LogP contribution in [0, 0.1) is 5.92 Å². The third-order valence-corrected chi connectivity index (χ3v) is 4.06. The predicted molar refractivity (Wildman–Crippen MR) is 84.9 cm³/mol. The van der Waals surface area contributed by atoms with E-state index < -0.39 is 11.1 Å². The fourth-order valence-corrected chi connectivity index (χ4v) is 2.94. The van der Waals surface area contributed by atoms with E-state index in [0.29, 0.717) is 32.5 Å². The summed E-state index contributed by atoms with van der Waals surface area (Å²) >= 11 is 0. The molecule has 0 unspecified atom stereocenters. The van der Waals surface area contributed by atoms with Gasteiger partial charge in [0.25, 0.3) is 5.91 Å². The number of nitrogens with zero attached hydrogens (tertiary/aromatic N) is 2. The van der Waals surface area contributed by atoms with Gasteiger partial charge in [-0.1, -0.05) is 13.8 Å². The second-order valence-corrected chi connectivity index (χ2v) is 7.79. The summed E-state index contributed by atoms with van der Waals surface area (Å²) in [5.74, 6) is 0.0572. The molecule has 0 aromatic heterocycles. The van der Waals surface area contributed by atoms with Gasteiger partial charge in [-0.3, -0.25) is 9.69 Å². The minimum atomic E-state index is -0.857. The van der Waals surface area contributed by atoms with Crippen LogP contribution in [0.5, 0.6) is 0 Å². The van der Waals surface area contributed by atoms with Gasteiger partial charge in [-0.15, -0.1) is 0 Å². The van der Waals surface area contributed by atoms with E-state index in [4.69, 9.17) is 4.74 Å². The standard InChI is InChI=1S/C16H27N3O4/c1-11(2)10-19-12(20)16(17-13(19)21)6-8-18(9-7-16)14(22)23-15(3,4)5/h11H,6-10H2,1-5H3,(H,17,21). The van der Waals surface area contributed by atoms with E-state index in [2.05, 4.69) is 5.32 Å². The Kier molecular flexibility index (Phi) is 4.59. The van der Waals surface area contributed by atoms with Gasteiger partial charge in [-0.25, -0.2) is 9.59 Å². The monoisotopic (exact) mass is 325 g/mol. The highest BCUT2D eigenvalue weighted by Gasteiger charge is 2.52. The summed E-state index contributed by atoms with van der Waals surface area (Å²) in [7, 11) is 0. The zero-order valence-electron chi connectivity index (χ0n) is 14.6. The van der Waals surface area contributed by atoms with Crippen LogP contribution in [0.1, 0.15) is 47.5 Å². The summed E-state index contributed by atoms with van der Waals surface area (Å²) in [5, 5.41) is 2.84. The van der Waals surface area contributed by atoms with E-state index >= 15 is 0 Å².